The van der Waals surface area contributed by atoms with E-state index < -0.39 is 0 Å². The van der Waals surface area contributed by atoms with Gasteiger partial charge < -0.3 is 9.84 Å². The Morgan fingerprint density at radius 3 is 2.90 bits per heavy atom. The molecule has 1 N–H and O–H groups in total. The summed E-state index contributed by atoms with van der Waals surface area (Å²) in [4.78, 5) is 4.35. The Kier molecular flexibility index (Phi) is 5.18. The number of benzene rings is 2. The Morgan fingerprint density at radius 2 is 2.10 bits per heavy atom. The van der Waals surface area contributed by atoms with E-state index in [1.54, 1.807) is 25.5 Å². The Bertz CT molecular complexity index is 611. The molecule has 0 amide bonds. The van der Waals surface area contributed by atoms with Crippen LogP contribution in [-0.4, -0.2) is 25.0 Å². The van der Waals surface area contributed by atoms with E-state index in [0.717, 1.165) is 16.6 Å². The van der Waals surface area contributed by atoms with Crippen molar-refractivity contribution in [3.63, 3.8) is 0 Å². The average molecular weight is 334 g/mol. The van der Waals surface area contributed by atoms with Crippen molar-refractivity contribution in [3.8, 4) is 11.5 Å². The van der Waals surface area contributed by atoms with Crippen molar-refractivity contribution in [1.29, 1.82) is 0 Å². The fourth-order valence-electron chi connectivity index (χ4n) is 1.81. The maximum atomic E-state index is 9.69. The van der Waals surface area contributed by atoms with Gasteiger partial charge in [-0.25, -0.2) is 0 Å². The maximum absolute atomic E-state index is 9.69. The van der Waals surface area contributed by atoms with Crippen LogP contribution in [0.4, 0.5) is 0 Å². The first-order valence-electron chi connectivity index (χ1n) is 6.30. The number of phenolic OH excluding ortho intramolecular Hbond substituents is 1. The highest BCUT2D eigenvalue weighted by molar-refractivity contribution is 9.10. The summed E-state index contributed by atoms with van der Waals surface area (Å²) in [5.74, 6) is 1.09. The lowest BCUT2D eigenvalue weighted by atomic mass is 10.1. The number of nitrogens with zero attached hydrogens (tertiary/aromatic N) is 1. The summed E-state index contributed by atoms with van der Waals surface area (Å²) >= 11 is 3.37. The highest BCUT2D eigenvalue weighted by Gasteiger charge is 1.99. The summed E-state index contributed by atoms with van der Waals surface area (Å²) in [5.41, 5.74) is 1.89. The Labute approximate surface area is 127 Å². The predicted octanol–water partition coefficient (Wildman–Crippen LogP) is 3.82. The van der Waals surface area contributed by atoms with Crippen molar-refractivity contribution in [2.45, 2.75) is 6.42 Å². The van der Waals surface area contributed by atoms with Crippen LogP contribution in [0.5, 0.6) is 11.5 Å². The third-order valence-corrected chi connectivity index (χ3v) is 3.38. The molecule has 0 atom stereocenters. The second kappa shape index (κ2) is 7.10. The smallest absolute Gasteiger partial charge is 0.124 e. The average Bonchev–Trinajstić information content (AvgIpc) is 2.47. The number of hydrogen-bond acceptors (Lipinski definition) is 3. The van der Waals surface area contributed by atoms with Crippen molar-refractivity contribution < 1.29 is 9.84 Å². The van der Waals surface area contributed by atoms with E-state index in [1.165, 1.54) is 5.56 Å². The van der Waals surface area contributed by atoms with E-state index in [2.05, 4.69) is 27.0 Å². The largest absolute Gasteiger partial charge is 0.507 e. The monoisotopic (exact) mass is 333 g/mol. The van der Waals surface area contributed by atoms with E-state index in [-0.39, 0.29) is 5.75 Å². The molecule has 0 saturated carbocycles. The first kappa shape index (κ1) is 14.6. The molecule has 0 aromatic heterocycles. The van der Waals surface area contributed by atoms with E-state index in [9.17, 15) is 5.11 Å². The summed E-state index contributed by atoms with van der Waals surface area (Å²) in [6.07, 6.45) is 2.53. The van der Waals surface area contributed by atoms with Crippen molar-refractivity contribution in [3.05, 3.63) is 58.1 Å². The number of aliphatic imine (C=N–C) groups is 1. The van der Waals surface area contributed by atoms with Gasteiger partial charge >= 0.3 is 0 Å². The zero-order valence-electron chi connectivity index (χ0n) is 11.2. The first-order chi connectivity index (χ1) is 9.69. The molecular formula is C16H16BrNO2. The first-order valence-corrected chi connectivity index (χ1v) is 7.09. The summed E-state index contributed by atoms with van der Waals surface area (Å²) in [7, 11) is 1.66. The molecule has 0 saturated heterocycles. The van der Waals surface area contributed by atoms with Gasteiger partial charge in [0.25, 0.3) is 0 Å². The van der Waals surface area contributed by atoms with Gasteiger partial charge in [0.05, 0.1) is 7.11 Å². The topological polar surface area (TPSA) is 41.8 Å². The molecule has 2 aromatic carbocycles. The van der Waals surface area contributed by atoms with E-state index >= 15 is 0 Å². The number of halogens is 1. The van der Waals surface area contributed by atoms with E-state index in [1.807, 2.05) is 24.3 Å². The third-order valence-electron chi connectivity index (χ3n) is 2.88. The van der Waals surface area contributed by atoms with Gasteiger partial charge in [-0.1, -0.05) is 28.1 Å². The Balaban J connectivity index is 1.95. The highest BCUT2D eigenvalue weighted by atomic mass is 79.9. The lowest BCUT2D eigenvalue weighted by molar-refractivity contribution is 0.414. The fourth-order valence-corrected chi connectivity index (χ4v) is 2.19. The minimum Gasteiger partial charge on any atom is -0.507 e. The molecule has 4 heteroatoms. The second-order valence-electron chi connectivity index (χ2n) is 4.34. The summed E-state index contributed by atoms with van der Waals surface area (Å²) in [6.45, 7) is 0.666. The van der Waals surface area contributed by atoms with Gasteiger partial charge in [-0.3, -0.25) is 4.99 Å². The van der Waals surface area contributed by atoms with Crippen molar-refractivity contribution in [2.75, 3.05) is 13.7 Å². The summed E-state index contributed by atoms with van der Waals surface area (Å²) < 4.78 is 6.10. The normalized spacial score (nSPS) is 10.9. The predicted molar refractivity (Wildman–Crippen MR) is 85.0 cm³/mol. The molecule has 2 rings (SSSR count). The molecule has 0 unspecified atom stereocenters. The third kappa shape index (κ3) is 4.10. The molecule has 0 fully saturated rings. The minimum absolute atomic E-state index is 0.235. The molecule has 20 heavy (non-hydrogen) atoms. The van der Waals surface area contributed by atoms with Crippen LogP contribution < -0.4 is 4.74 Å². The van der Waals surface area contributed by atoms with Gasteiger partial charge in [0, 0.05) is 22.8 Å². The summed E-state index contributed by atoms with van der Waals surface area (Å²) in [6, 6.07) is 13.2. The lowest BCUT2D eigenvalue weighted by Crippen LogP contribution is -1.92. The number of hydrogen-bond donors (Lipinski definition) is 1. The molecule has 104 valence electrons. The van der Waals surface area contributed by atoms with Crippen LogP contribution in [0.25, 0.3) is 0 Å². The van der Waals surface area contributed by atoms with Crippen LogP contribution >= 0.6 is 15.9 Å². The second-order valence-corrected chi connectivity index (χ2v) is 5.26. The SMILES string of the molecule is COc1cccc(CCN=Cc2cc(Br)ccc2O)c1. The lowest BCUT2D eigenvalue weighted by Gasteiger charge is -2.03. The van der Waals surface area contributed by atoms with Gasteiger partial charge in [0.15, 0.2) is 0 Å². The molecule has 2 aromatic rings. The van der Waals surface area contributed by atoms with Crippen molar-refractivity contribution in [1.82, 2.24) is 0 Å². The molecule has 0 spiro atoms. The quantitative estimate of drug-likeness (QED) is 0.845. The number of ether oxygens (including phenoxy) is 1. The zero-order valence-corrected chi connectivity index (χ0v) is 12.8. The van der Waals surface area contributed by atoms with Crippen LogP contribution in [0.2, 0.25) is 0 Å². The van der Waals surface area contributed by atoms with Gasteiger partial charge in [0.1, 0.15) is 11.5 Å². The van der Waals surface area contributed by atoms with Gasteiger partial charge in [-0.05, 0) is 42.3 Å². The number of methoxy groups -OCH3 is 1. The van der Waals surface area contributed by atoms with E-state index in [4.69, 9.17) is 4.74 Å². The van der Waals surface area contributed by atoms with Crippen molar-refractivity contribution >= 4 is 22.1 Å². The van der Waals surface area contributed by atoms with Crippen molar-refractivity contribution in [2.24, 2.45) is 4.99 Å². The standard InChI is InChI=1S/C16H16BrNO2/c1-20-15-4-2-3-12(9-15)7-8-18-11-13-10-14(17)5-6-16(13)19/h2-6,9-11,19H,7-8H2,1H3. The Hall–Kier alpha value is -1.81. The fraction of sp³-hybridized carbons (Fsp3) is 0.188. The minimum atomic E-state index is 0.235. The zero-order chi connectivity index (χ0) is 14.4. The van der Waals surface area contributed by atoms with Crippen LogP contribution in [-0.2, 0) is 6.42 Å². The molecular weight excluding hydrogens is 318 g/mol. The number of aromatic hydroxyl groups is 1. The number of phenols is 1. The molecule has 0 bridgehead atoms. The van der Waals surface area contributed by atoms with Crippen LogP contribution in [0.15, 0.2) is 51.9 Å². The maximum Gasteiger partial charge on any atom is 0.124 e. The molecule has 3 nitrogen and oxygen atoms in total. The highest BCUT2D eigenvalue weighted by Crippen LogP contribution is 2.20. The molecule has 0 aliphatic rings. The van der Waals surface area contributed by atoms with Crippen LogP contribution in [0.3, 0.4) is 0 Å². The van der Waals surface area contributed by atoms with Crippen LogP contribution in [0, 0.1) is 0 Å². The van der Waals surface area contributed by atoms with Gasteiger partial charge in [-0.2, -0.15) is 0 Å². The van der Waals surface area contributed by atoms with E-state index in [0.29, 0.717) is 12.1 Å². The number of rotatable bonds is 5. The van der Waals surface area contributed by atoms with Gasteiger partial charge in [-0.15, -0.1) is 0 Å². The molecule has 0 radical (unpaired) electrons. The van der Waals surface area contributed by atoms with Crippen LogP contribution in [0.1, 0.15) is 11.1 Å². The Morgan fingerprint density at radius 1 is 1.25 bits per heavy atom. The molecule has 0 heterocycles. The summed E-state index contributed by atoms with van der Waals surface area (Å²) in [5, 5.41) is 9.69. The molecule has 0 aliphatic heterocycles. The molecule has 0 aliphatic carbocycles. The van der Waals surface area contributed by atoms with Gasteiger partial charge in [0.2, 0.25) is 0 Å².